The molecule has 3 heteroatoms. The summed E-state index contributed by atoms with van der Waals surface area (Å²) in [6.45, 7) is 8.61. The minimum absolute atomic E-state index is 0.710. The smallest absolute Gasteiger partial charge is 0.160 e. The van der Waals surface area contributed by atoms with E-state index in [9.17, 15) is 0 Å². The molecule has 6 rings (SSSR count). The molecule has 1 aromatic heterocycles. The fourth-order valence-electron chi connectivity index (χ4n) is 6.03. The van der Waals surface area contributed by atoms with Crippen molar-refractivity contribution in [2.45, 2.75) is 59.8 Å². The number of fused-ring (bicyclic) bond motifs is 4. The van der Waals surface area contributed by atoms with E-state index in [1.807, 2.05) is 6.07 Å². The van der Waals surface area contributed by atoms with Crippen LogP contribution in [0.4, 0.5) is 0 Å². The summed E-state index contributed by atoms with van der Waals surface area (Å²) < 4.78 is 6.46. The quantitative estimate of drug-likeness (QED) is 0.0939. The lowest BCUT2D eigenvalue weighted by Gasteiger charge is -2.14. The van der Waals surface area contributed by atoms with Crippen LogP contribution in [0.1, 0.15) is 65.4 Å². The van der Waals surface area contributed by atoms with Gasteiger partial charge in [0.1, 0.15) is 11.2 Å². The van der Waals surface area contributed by atoms with Crippen LogP contribution in [-0.4, -0.2) is 11.5 Å². The summed E-state index contributed by atoms with van der Waals surface area (Å²) in [7, 11) is 0. The first-order valence-electron chi connectivity index (χ1n) is 16.5. The van der Waals surface area contributed by atoms with Gasteiger partial charge in [0.15, 0.2) is 5.84 Å². The van der Waals surface area contributed by atoms with Crippen LogP contribution in [-0.2, 0) is 0 Å². The second-order valence-corrected chi connectivity index (χ2v) is 11.9. The first kappa shape index (κ1) is 31.0. The summed E-state index contributed by atoms with van der Waals surface area (Å²) in [6, 6.07) is 27.8. The Bertz CT molecular complexity index is 2100. The van der Waals surface area contributed by atoms with E-state index in [-0.39, 0.29) is 0 Å². The largest absolute Gasteiger partial charge is 0.456 e. The molecule has 0 unspecified atom stereocenters. The average molecular weight is 603 g/mol. The van der Waals surface area contributed by atoms with Crippen LogP contribution >= 0.6 is 0 Å². The molecular formula is C43H42N2O. The van der Waals surface area contributed by atoms with E-state index >= 15 is 0 Å². The van der Waals surface area contributed by atoms with E-state index in [1.165, 1.54) is 27.5 Å². The van der Waals surface area contributed by atoms with Gasteiger partial charge in [0.25, 0.3) is 0 Å². The van der Waals surface area contributed by atoms with Crippen molar-refractivity contribution < 1.29 is 4.42 Å². The molecule has 230 valence electrons. The number of amidine groups is 1. The Balaban J connectivity index is 1.56. The SMILES string of the molecule is CC/C=C\C=C/CC(C)=NC(=N/C(C1=CCCC=C1)=C(/C)CC)c1cccc2oc3ccc(-c4cccc5ccccc45)cc3c12. The van der Waals surface area contributed by atoms with E-state index < -0.39 is 0 Å². The summed E-state index contributed by atoms with van der Waals surface area (Å²) in [4.78, 5) is 10.6. The van der Waals surface area contributed by atoms with Crippen LogP contribution in [0.5, 0.6) is 0 Å². The van der Waals surface area contributed by atoms with Gasteiger partial charge in [0.2, 0.25) is 0 Å². The molecule has 0 saturated heterocycles. The molecule has 3 nitrogen and oxygen atoms in total. The number of aliphatic imine (C=N–C) groups is 2. The predicted octanol–water partition coefficient (Wildman–Crippen LogP) is 12.5. The Morgan fingerprint density at radius 3 is 2.46 bits per heavy atom. The fourth-order valence-corrected chi connectivity index (χ4v) is 6.03. The molecule has 0 N–H and O–H groups in total. The number of nitrogens with zero attached hydrogens (tertiary/aromatic N) is 2. The van der Waals surface area contributed by atoms with Crippen molar-refractivity contribution >= 4 is 44.3 Å². The highest BCUT2D eigenvalue weighted by molar-refractivity contribution is 6.20. The Hall–Kier alpha value is -5.02. The standard InChI is InChI=1S/C43H42N2O/c1-5-7-8-9-11-18-31(4)44-43(45-42(30(3)6-2)33-20-12-10-13-21-33)37-25-17-26-40-41(37)38-29-34(27-28-39(38)46-40)36-24-16-22-32-19-14-15-23-35(32)36/h7-9,11-12,14-17,19-29H,5-6,10,13,18H2,1-4H3/b8-7-,11-9-,42-30-,44-31?,45-43?. The van der Waals surface area contributed by atoms with Crippen molar-refractivity contribution in [1.29, 1.82) is 0 Å². The molecule has 0 amide bonds. The third-order valence-electron chi connectivity index (χ3n) is 8.59. The van der Waals surface area contributed by atoms with Gasteiger partial charge in [-0.15, -0.1) is 0 Å². The van der Waals surface area contributed by atoms with Gasteiger partial charge in [-0.25, -0.2) is 9.98 Å². The summed E-state index contributed by atoms with van der Waals surface area (Å²) in [5.74, 6) is 0.710. The molecule has 1 heterocycles. The lowest BCUT2D eigenvalue weighted by atomic mass is 9.96. The van der Waals surface area contributed by atoms with Gasteiger partial charge in [0, 0.05) is 28.5 Å². The molecule has 0 spiro atoms. The van der Waals surface area contributed by atoms with Gasteiger partial charge in [0.05, 0.1) is 5.70 Å². The molecule has 4 aromatic carbocycles. The predicted molar refractivity (Wildman–Crippen MR) is 199 cm³/mol. The minimum atomic E-state index is 0.710. The van der Waals surface area contributed by atoms with Gasteiger partial charge in [-0.3, -0.25) is 0 Å². The van der Waals surface area contributed by atoms with Crippen molar-refractivity contribution in [3.63, 3.8) is 0 Å². The average Bonchev–Trinajstić information content (AvgIpc) is 3.48. The first-order valence-corrected chi connectivity index (χ1v) is 16.5. The normalized spacial score (nSPS) is 15.1. The van der Waals surface area contributed by atoms with E-state index in [4.69, 9.17) is 14.4 Å². The Morgan fingerprint density at radius 2 is 1.63 bits per heavy atom. The zero-order valence-electron chi connectivity index (χ0n) is 27.4. The molecule has 0 bridgehead atoms. The van der Waals surface area contributed by atoms with Crippen LogP contribution in [0.15, 0.2) is 153 Å². The Kier molecular flexibility index (Phi) is 9.69. The van der Waals surface area contributed by atoms with Crippen molar-refractivity contribution in [2.75, 3.05) is 0 Å². The van der Waals surface area contributed by atoms with Gasteiger partial charge in [-0.05, 0) is 90.8 Å². The number of benzene rings is 4. The number of allylic oxidation sites excluding steroid dienone is 8. The maximum absolute atomic E-state index is 6.46. The van der Waals surface area contributed by atoms with Crippen molar-refractivity contribution in [1.82, 2.24) is 0 Å². The van der Waals surface area contributed by atoms with Gasteiger partial charge in [-0.1, -0.05) is 117 Å². The van der Waals surface area contributed by atoms with Crippen LogP contribution in [0.2, 0.25) is 0 Å². The van der Waals surface area contributed by atoms with E-state index in [2.05, 4.69) is 143 Å². The zero-order chi connectivity index (χ0) is 31.9. The maximum Gasteiger partial charge on any atom is 0.160 e. The van der Waals surface area contributed by atoms with Gasteiger partial charge >= 0.3 is 0 Å². The number of hydrogen-bond acceptors (Lipinski definition) is 2. The lowest BCUT2D eigenvalue weighted by molar-refractivity contribution is 0.669. The Morgan fingerprint density at radius 1 is 0.804 bits per heavy atom. The highest BCUT2D eigenvalue weighted by Gasteiger charge is 2.18. The summed E-state index contributed by atoms with van der Waals surface area (Å²) in [5, 5.41) is 4.57. The molecule has 0 aliphatic heterocycles. The molecule has 0 fully saturated rings. The van der Waals surface area contributed by atoms with Crippen LogP contribution in [0.3, 0.4) is 0 Å². The van der Waals surface area contributed by atoms with Crippen molar-refractivity contribution in [2.24, 2.45) is 9.98 Å². The highest BCUT2D eigenvalue weighted by atomic mass is 16.3. The van der Waals surface area contributed by atoms with Crippen molar-refractivity contribution in [3.8, 4) is 11.1 Å². The number of rotatable bonds is 9. The monoisotopic (exact) mass is 602 g/mol. The van der Waals surface area contributed by atoms with Crippen LogP contribution < -0.4 is 0 Å². The second kappa shape index (κ2) is 14.4. The molecule has 46 heavy (non-hydrogen) atoms. The molecular weight excluding hydrogens is 560 g/mol. The fraction of sp³-hybridized carbons (Fsp3) is 0.209. The molecule has 0 atom stereocenters. The number of furan rings is 1. The molecule has 0 radical (unpaired) electrons. The molecule has 1 aliphatic rings. The third kappa shape index (κ3) is 6.65. The van der Waals surface area contributed by atoms with Crippen molar-refractivity contribution in [3.05, 3.63) is 144 Å². The minimum Gasteiger partial charge on any atom is -0.456 e. The molecule has 5 aromatic rings. The molecule has 1 aliphatic carbocycles. The first-order chi connectivity index (χ1) is 22.6. The van der Waals surface area contributed by atoms with E-state index in [1.54, 1.807) is 0 Å². The van der Waals surface area contributed by atoms with E-state index in [0.29, 0.717) is 5.84 Å². The van der Waals surface area contributed by atoms with Gasteiger partial charge in [-0.2, -0.15) is 0 Å². The topological polar surface area (TPSA) is 37.9 Å². The van der Waals surface area contributed by atoms with Crippen LogP contribution in [0, 0.1) is 0 Å². The summed E-state index contributed by atoms with van der Waals surface area (Å²) in [6.07, 6.45) is 20.0. The lowest BCUT2D eigenvalue weighted by Crippen LogP contribution is -2.05. The van der Waals surface area contributed by atoms with E-state index in [0.717, 1.165) is 76.6 Å². The third-order valence-corrected chi connectivity index (χ3v) is 8.59. The van der Waals surface area contributed by atoms with Gasteiger partial charge < -0.3 is 4.42 Å². The highest BCUT2D eigenvalue weighted by Crippen LogP contribution is 2.37. The van der Waals surface area contributed by atoms with Crippen LogP contribution in [0.25, 0.3) is 43.8 Å². The number of hydrogen-bond donors (Lipinski definition) is 0. The zero-order valence-corrected chi connectivity index (χ0v) is 27.4. The molecule has 0 saturated carbocycles. The summed E-state index contributed by atoms with van der Waals surface area (Å²) >= 11 is 0. The Labute approximate surface area is 272 Å². The summed E-state index contributed by atoms with van der Waals surface area (Å²) in [5.41, 5.74) is 9.46. The second-order valence-electron chi connectivity index (χ2n) is 11.9. The maximum atomic E-state index is 6.46.